The minimum Gasteiger partial charge on any atom is -0.394 e. The summed E-state index contributed by atoms with van der Waals surface area (Å²) in [6, 6.07) is 27.6. The van der Waals surface area contributed by atoms with Gasteiger partial charge in [-0.15, -0.1) is 0 Å². The summed E-state index contributed by atoms with van der Waals surface area (Å²) in [6.07, 6.45) is -0.745. The van der Waals surface area contributed by atoms with Crippen LogP contribution >= 0.6 is 0 Å². The van der Waals surface area contributed by atoms with Crippen LogP contribution in [-0.2, 0) is 0 Å². The van der Waals surface area contributed by atoms with Crippen molar-refractivity contribution in [3.8, 4) is 11.5 Å². The van der Waals surface area contributed by atoms with Gasteiger partial charge >= 0.3 is 6.16 Å². The number of rotatable bonds is 2. The first kappa shape index (κ1) is 18.2. The zero-order valence-electron chi connectivity index (χ0n) is 16.8. The maximum atomic E-state index is 12.9. The summed E-state index contributed by atoms with van der Waals surface area (Å²) in [5, 5.41) is 5.78. The highest BCUT2D eigenvalue weighted by Crippen LogP contribution is 2.38. The molecule has 0 N–H and O–H groups in total. The third-order valence-electron chi connectivity index (χ3n) is 5.53. The zero-order valence-corrected chi connectivity index (χ0v) is 16.8. The monoisotopic (exact) mass is 392 g/mol. The van der Waals surface area contributed by atoms with Gasteiger partial charge in [0.25, 0.3) is 0 Å². The van der Waals surface area contributed by atoms with Crippen LogP contribution in [0.4, 0.5) is 4.79 Å². The Morgan fingerprint density at radius 3 is 2.13 bits per heavy atom. The quantitative estimate of drug-likeness (QED) is 0.179. The van der Waals surface area contributed by atoms with Gasteiger partial charge in [-0.05, 0) is 53.3 Å². The van der Waals surface area contributed by atoms with Gasteiger partial charge in [0, 0.05) is 16.2 Å². The van der Waals surface area contributed by atoms with Crippen molar-refractivity contribution in [1.82, 2.24) is 0 Å². The van der Waals surface area contributed by atoms with E-state index in [0.717, 1.165) is 43.4 Å². The van der Waals surface area contributed by atoms with Crippen LogP contribution in [0.2, 0.25) is 0 Å². The predicted molar refractivity (Wildman–Crippen MR) is 122 cm³/mol. The van der Waals surface area contributed by atoms with Crippen molar-refractivity contribution in [1.29, 1.82) is 0 Å². The van der Waals surface area contributed by atoms with Crippen molar-refractivity contribution in [3.63, 3.8) is 0 Å². The van der Waals surface area contributed by atoms with Gasteiger partial charge in [0.15, 0.2) is 0 Å². The Hall–Kier alpha value is -3.85. The van der Waals surface area contributed by atoms with Gasteiger partial charge in [-0.1, -0.05) is 72.8 Å². The minimum atomic E-state index is -0.745. The van der Waals surface area contributed by atoms with Crippen molar-refractivity contribution < 1.29 is 14.3 Å². The average molecular weight is 392 g/mol. The van der Waals surface area contributed by atoms with Gasteiger partial charge in [-0.25, -0.2) is 4.79 Å². The van der Waals surface area contributed by atoms with Crippen LogP contribution < -0.4 is 9.47 Å². The summed E-state index contributed by atoms with van der Waals surface area (Å²) in [5.41, 5.74) is 2.18. The molecule has 0 spiro atoms. The summed E-state index contributed by atoms with van der Waals surface area (Å²) in [4.78, 5) is 12.9. The highest BCUT2D eigenvalue weighted by molar-refractivity contribution is 6.08. The Kier molecular flexibility index (Phi) is 4.36. The molecule has 0 bridgehead atoms. The maximum Gasteiger partial charge on any atom is 0.519 e. The van der Waals surface area contributed by atoms with E-state index in [9.17, 15) is 4.79 Å². The molecule has 5 aromatic rings. The van der Waals surface area contributed by atoms with Crippen LogP contribution in [0.3, 0.4) is 0 Å². The lowest BCUT2D eigenvalue weighted by atomic mass is 9.96. The molecule has 0 aliphatic carbocycles. The third kappa shape index (κ3) is 3.05. The SMILES string of the molecule is Cc1ccc(C)c2c(OC(=O)Oc3cccc4ccccc34)c3ccccc3cc12. The Balaban J connectivity index is 1.62. The number of carbonyl (C=O) groups is 1. The molecule has 146 valence electrons. The van der Waals surface area contributed by atoms with E-state index in [1.807, 2.05) is 67.6 Å². The van der Waals surface area contributed by atoms with Crippen molar-refractivity contribution in [3.05, 3.63) is 96.1 Å². The van der Waals surface area contributed by atoms with E-state index in [1.165, 1.54) is 0 Å². The third-order valence-corrected chi connectivity index (χ3v) is 5.53. The Morgan fingerprint density at radius 2 is 1.30 bits per heavy atom. The summed E-state index contributed by atoms with van der Waals surface area (Å²) >= 11 is 0. The predicted octanol–water partition coefficient (Wildman–Crippen LogP) is 7.34. The molecule has 5 rings (SSSR count). The zero-order chi connectivity index (χ0) is 20.7. The Morgan fingerprint density at radius 1 is 0.633 bits per heavy atom. The molecule has 0 radical (unpaired) electrons. The first-order valence-corrected chi connectivity index (χ1v) is 9.91. The maximum absolute atomic E-state index is 12.9. The van der Waals surface area contributed by atoms with Crippen LogP contribution in [0.15, 0.2) is 84.9 Å². The van der Waals surface area contributed by atoms with Crippen LogP contribution in [-0.4, -0.2) is 6.16 Å². The second kappa shape index (κ2) is 7.20. The number of hydrogen-bond donors (Lipinski definition) is 0. The summed E-state index contributed by atoms with van der Waals surface area (Å²) in [7, 11) is 0. The Labute approximate surface area is 174 Å². The Bertz CT molecular complexity index is 1430. The van der Waals surface area contributed by atoms with Crippen molar-refractivity contribution in [2.45, 2.75) is 13.8 Å². The fraction of sp³-hybridized carbons (Fsp3) is 0.0741. The van der Waals surface area contributed by atoms with Gasteiger partial charge in [0.2, 0.25) is 0 Å². The van der Waals surface area contributed by atoms with Gasteiger partial charge in [0.05, 0.1) is 0 Å². The van der Waals surface area contributed by atoms with Crippen molar-refractivity contribution >= 4 is 38.5 Å². The fourth-order valence-electron chi connectivity index (χ4n) is 4.02. The first-order valence-electron chi connectivity index (χ1n) is 9.91. The lowest BCUT2D eigenvalue weighted by molar-refractivity contribution is 0.153. The second-order valence-electron chi connectivity index (χ2n) is 7.48. The van der Waals surface area contributed by atoms with Gasteiger partial charge < -0.3 is 9.47 Å². The summed E-state index contributed by atoms with van der Waals surface area (Å²) in [6.45, 7) is 4.09. The van der Waals surface area contributed by atoms with E-state index in [0.29, 0.717) is 11.5 Å². The van der Waals surface area contributed by atoms with Crippen LogP contribution in [0, 0.1) is 13.8 Å². The molecule has 0 saturated heterocycles. The number of carbonyl (C=O) groups excluding carboxylic acids is 1. The van der Waals surface area contributed by atoms with Gasteiger partial charge in [0.1, 0.15) is 11.5 Å². The number of benzene rings is 5. The van der Waals surface area contributed by atoms with E-state index in [4.69, 9.17) is 9.47 Å². The normalized spacial score (nSPS) is 11.1. The molecule has 0 unspecified atom stereocenters. The molecule has 0 fully saturated rings. The molecule has 0 aliphatic heterocycles. The molecule has 0 saturated carbocycles. The first-order chi connectivity index (χ1) is 14.6. The van der Waals surface area contributed by atoms with E-state index in [-0.39, 0.29) is 0 Å². The van der Waals surface area contributed by atoms with E-state index >= 15 is 0 Å². The minimum absolute atomic E-state index is 0.482. The lowest BCUT2D eigenvalue weighted by Crippen LogP contribution is -2.14. The molecule has 0 aromatic heterocycles. The van der Waals surface area contributed by atoms with Crippen molar-refractivity contribution in [2.24, 2.45) is 0 Å². The molecule has 0 atom stereocenters. The average Bonchev–Trinajstić information content (AvgIpc) is 2.76. The molecule has 5 aromatic carbocycles. The molecular weight excluding hydrogens is 372 g/mol. The smallest absolute Gasteiger partial charge is 0.394 e. The summed E-state index contributed by atoms with van der Waals surface area (Å²) < 4.78 is 11.5. The van der Waals surface area contributed by atoms with Crippen molar-refractivity contribution in [2.75, 3.05) is 0 Å². The second-order valence-corrected chi connectivity index (χ2v) is 7.48. The van der Waals surface area contributed by atoms with Crippen LogP contribution in [0.1, 0.15) is 11.1 Å². The van der Waals surface area contributed by atoms with E-state index in [1.54, 1.807) is 6.07 Å². The highest BCUT2D eigenvalue weighted by atomic mass is 16.7. The van der Waals surface area contributed by atoms with E-state index < -0.39 is 6.16 Å². The summed E-state index contributed by atoms with van der Waals surface area (Å²) in [5.74, 6) is 1.02. The number of ether oxygens (including phenoxy) is 2. The number of fused-ring (bicyclic) bond motifs is 3. The highest BCUT2D eigenvalue weighted by Gasteiger charge is 2.17. The van der Waals surface area contributed by atoms with Crippen LogP contribution in [0.5, 0.6) is 11.5 Å². The number of aryl methyl sites for hydroxylation is 2. The van der Waals surface area contributed by atoms with Gasteiger partial charge in [-0.3, -0.25) is 0 Å². The number of hydrogen-bond acceptors (Lipinski definition) is 3. The molecule has 30 heavy (non-hydrogen) atoms. The topological polar surface area (TPSA) is 35.5 Å². The molecule has 3 nitrogen and oxygen atoms in total. The fourth-order valence-corrected chi connectivity index (χ4v) is 4.02. The molecular formula is C27H20O3. The van der Waals surface area contributed by atoms with Crippen LogP contribution in [0.25, 0.3) is 32.3 Å². The molecule has 0 aliphatic rings. The molecule has 0 heterocycles. The molecule has 3 heteroatoms. The largest absolute Gasteiger partial charge is 0.519 e. The molecule has 0 amide bonds. The van der Waals surface area contributed by atoms with E-state index in [2.05, 4.69) is 25.1 Å². The van der Waals surface area contributed by atoms with Gasteiger partial charge in [-0.2, -0.15) is 0 Å². The lowest BCUT2D eigenvalue weighted by Gasteiger charge is -2.15. The standard InChI is InChI=1S/C27H20O3/c1-17-14-15-18(2)25-23(17)16-20-9-4-6-12-22(20)26(25)30-27(28)29-24-13-7-10-19-8-3-5-11-21(19)24/h3-16H,1-2H3.